The molecule has 0 saturated heterocycles. The molecule has 0 aliphatic rings. The molecule has 1 aromatic heterocycles. The van der Waals surface area contributed by atoms with Crippen molar-refractivity contribution >= 4 is 5.97 Å². The summed E-state index contributed by atoms with van der Waals surface area (Å²) in [6, 6.07) is 0.110. The number of rotatable bonds is 3. The van der Waals surface area contributed by atoms with E-state index < -0.39 is 47.4 Å². The maximum atomic E-state index is 12.5. The van der Waals surface area contributed by atoms with Gasteiger partial charge in [0.25, 0.3) is 6.43 Å². The Bertz CT molecular complexity index is 520. The number of hydrogen-bond donors (Lipinski definition) is 2. The van der Waals surface area contributed by atoms with Crippen LogP contribution < -0.4 is 5.43 Å². The number of halogens is 5. The number of carboxylic acids is 1. The van der Waals surface area contributed by atoms with Gasteiger partial charge in [0.15, 0.2) is 5.43 Å². The van der Waals surface area contributed by atoms with Crippen LogP contribution in [0.4, 0.5) is 22.0 Å². The first-order valence-electron chi connectivity index (χ1n) is 4.46. The summed E-state index contributed by atoms with van der Waals surface area (Å²) in [5.41, 5.74) is -5.59. The molecular formula is C9H6F5NO3. The van der Waals surface area contributed by atoms with E-state index in [2.05, 4.69) is 0 Å². The number of pyridine rings is 1. The van der Waals surface area contributed by atoms with Crippen molar-refractivity contribution in [2.75, 3.05) is 0 Å². The second-order valence-electron chi connectivity index (χ2n) is 3.31. The summed E-state index contributed by atoms with van der Waals surface area (Å²) < 4.78 is 62.1. The predicted molar refractivity (Wildman–Crippen MR) is 48.4 cm³/mol. The van der Waals surface area contributed by atoms with Gasteiger partial charge in [0.05, 0.1) is 12.1 Å². The Morgan fingerprint density at radius 2 is 1.94 bits per heavy atom. The first-order valence-corrected chi connectivity index (χ1v) is 4.46. The Hall–Kier alpha value is -1.93. The monoisotopic (exact) mass is 271 g/mol. The first-order chi connectivity index (χ1) is 8.12. The highest BCUT2D eigenvalue weighted by molar-refractivity contribution is 5.70. The molecule has 2 N–H and O–H groups in total. The van der Waals surface area contributed by atoms with Crippen molar-refractivity contribution in [2.24, 2.45) is 0 Å². The van der Waals surface area contributed by atoms with Crippen molar-refractivity contribution in [2.45, 2.75) is 19.0 Å². The minimum atomic E-state index is -5.11. The van der Waals surface area contributed by atoms with E-state index in [0.29, 0.717) is 0 Å². The fraction of sp³-hybridized carbons (Fsp3) is 0.333. The van der Waals surface area contributed by atoms with E-state index in [1.807, 2.05) is 0 Å². The molecule has 0 spiro atoms. The van der Waals surface area contributed by atoms with E-state index in [9.17, 15) is 31.5 Å². The highest BCUT2D eigenvalue weighted by Crippen LogP contribution is 2.30. The summed E-state index contributed by atoms with van der Waals surface area (Å²) in [6.07, 6.45) is -9.52. The molecule has 0 atom stereocenters. The SMILES string of the molecule is O=C(O)Cc1[nH]c(C(F)F)cc(=O)c1C(F)(F)F. The lowest BCUT2D eigenvalue weighted by Gasteiger charge is -2.12. The number of carboxylic acid groups (broad SMARTS) is 1. The van der Waals surface area contributed by atoms with Crippen LogP contribution in [0.25, 0.3) is 0 Å². The smallest absolute Gasteiger partial charge is 0.421 e. The van der Waals surface area contributed by atoms with Crippen molar-refractivity contribution in [3.8, 4) is 0 Å². The van der Waals surface area contributed by atoms with Gasteiger partial charge in [0.1, 0.15) is 5.56 Å². The molecule has 0 aliphatic heterocycles. The zero-order valence-electron chi connectivity index (χ0n) is 8.52. The van der Waals surface area contributed by atoms with Gasteiger partial charge in [0, 0.05) is 11.8 Å². The third kappa shape index (κ3) is 3.05. The van der Waals surface area contributed by atoms with Crippen LogP contribution >= 0.6 is 0 Å². The van der Waals surface area contributed by atoms with Gasteiger partial charge in [-0.25, -0.2) is 8.78 Å². The zero-order valence-corrected chi connectivity index (χ0v) is 8.52. The summed E-state index contributed by atoms with van der Waals surface area (Å²) in [6.45, 7) is 0. The molecule has 0 unspecified atom stereocenters. The van der Waals surface area contributed by atoms with Crippen molar-refractivity contribution < 1.29 is 31.9 Å². The molecular weight excluding hydrogens is 265 g/mol. The molecule has 0 bridgehead atoms. The van der Waals surface area contributed by atoms with E-state index in [1.165, 1.54) is 0 Å². The molecule has 18 heavy (non-hydrogen) atoms. The number of carbonyl (C=O) groups is 1. The summed E-state index contributed by atoms with van der Waals surface area (Å²) in [5.74, 6) is -1.68. The molecule has 1 aromatic rings. The van der Waals surface area contributed by atoms with Crippen molar-refractivity contribution in [3.05, 3.63) is 33.2 Å². The Labute approximate surface area is 96.1 Å². The Morgan fingerprint density at radius 3 is 2.33 bits per heavy atom. The molecule has 0 radical (unpaired) electrons. The molecule has 0 aliphatic carbocycles. The van der Waals surface area contributed by atoms with Gasteiger partial charge in [-0.2, -0.15) is 13.2 Å². The van der Waals surface area contributed by atoms with Gasteiger partial charge in [0.2, 0.25) is 0 Å². The van der Waals surface area contributed by atoms with Crippen LogP contribution in [-0.2, 0) is 17.4 Å². The minimum Gasteiger partial charge on any atom is -0.481 e. The normalized spacial score (nSPS) is 11.9. The molecule has 0 fully saturated rings. The van der Waals surface area contributed by atoms with E-state index >= 15 is 0 Å². The quantitative estimate of drug-likeness (QED) is 0.825. The number of hydrogen-bond acceptors (Lipinski definition) is 2. The van der Waals surface area contributed by atoms with Gasteiger partial charge in [-0.15, -0.1) is 0 Å². The summed E-state index contributed by atoms with van der Waals surface area (Å²) in [5, 5.41) is 8.40. The summed E-state index contributed by atoms with van der Waals surface area (Å²) in [7, 11) is 0. The van der Waals surface area contributed by atoms with Crippen LogP contribution in [0.5, 0.6) is 0 Å². The predicted octanol–water partition coefficient (Wildman–Crippen LogP) is 1.96. The van der Waals surface area contributed by atoms with E-state index in [1.54, 1.807) is 4.98 Å². The van der Waals surface area contributed by atoms with Gasteiger partial charge < -0.3 is 10.1 Å². The number of nitrogens with one attached hydrogen (secondary N) is 1. The standard InChI is InChI=1S/C9H6F5NO3/c10-8(11)4-1-5(16)7(9(12,13)14)3(15-4)2-6(17)18/h1,8H,2H2,(H,15,16)(H,17,18). The molecule has 100 valence electrons. The second kappa shape index (κ2) is 4.75. The third-order valence-electron chi connectivity index (χ3n) is 1.98. The first kappa shape index (κ1) is 14.1. The minimum absolute atomic E-state index is 0.110. The van der Waals surface area contributed by atoms with Gasteiger partial charge >= 0.3 is 12.1 Å². The van der Waals surface area contributed by atoms with Gasteiger partial charge in [-0.1, -0.05) is 0 Å². The topological polar surface area (TPSA) is 70.2 Å². The van der Waals surface area contributed by atoms with E-state index in [4.69, 9.17) is 5.11 Å². The average Bonchev–Trinajstić information content (AvgIpc) is 2.12. The Morgan fingerprint density at radius 1 is 1.39 bits per heavy atom. The lowest BCUT2D eigenvalue weighted by Crippen LogP contribution is -2.25. The van der Waals surface area contributed by atoms with E-state index in [0.717, 1.165) is 0 Å². The molecule has 9 heteroatoms. The molecule has 1 rings (SSSR count). The van der Waals surface area contributed by atoms with Crippen LogP contribution in [0.3, 0.4) is 0 Å². The number of aromatic nitrogens is 1. The van der Waals surface area contributed by atoms with Crippen LogP contribution in [0.15, 0.2) is 10.9 Å². The fourth-order valence-electron chi connectivity index (χ4n) is 1.35. The number of aliphatic carboxylic acids is 1. The molecule has 4 nitrogen and oxygen atoms in total. The molecule has 0 amide bonds. The van der Waals surface area contributed by atoms with Crippen molar-refractivity contribution in [3.63, 3.8) is 0 Å². The highest BCUT2D eigenvalue weighted by Gasteiger charge is 2.37. The molecule has 1 heterocycles. The Kier molecular flexibility index (Phi) is 3.73. The lowest BCUT2D eigenvalue weighted by atomic mass is 10.1. The highest BCUT2D eigenvalue weighted by atomic mass is 19.4. The second-order valence-corrected chi connectivity index (χ2v) is 3.31. The zero-order chi connectivity index (χ0) is 14.1. The average molecular weight is 271 g/mol. The van der Waals surface area contributed by atoms with Crippen LogP contribution in [0.1, 0.15) is 23.4 Å². The number of H-pyrrole nitrogens is 1. The molecule has 0 aromatic carbocycles. The van der Waals surface area contributed by atoms with Crippen molar-refractivity contribution in [1.29, 1.82) is 0 Å². The lowest BCUT2D eigenvalue weighted by molar-refractivity contribution is -0.140. The third-order valence-corrected chi connectivity index (χ3v) is 1.98. The Balaban J connectivity index is 3.50. The largest absolute Gasteiger partial charge is 0.481 e. The van der Waals surface area contributed by atoms with Crippen LogP contribution in [0, 0.1) is 0 Å². The van der Waals surface area contributed by atoms with Crippen molar-refractivity contribution in [1.82, 2.24) is 4.98 Å². The van der Waals surface area contributed by atoms with Crippen LogP contribution in [0.2, 0.25) is 0 Å². The van der Waals surface area contributed by atoms with Gasteiger partial charge in [-0.05, 0) is 0 Å². The van der Waals surface area contributed by atoms with E-state index in [-0.39, 0.29) is 6.07 Å². The number of alkyl halides is 5. The summed E-state index contributed by atoms with van der Waals surface area (Å²) in [4.78, 5) is 23.1. The summed E-state index contributed by atoms with van der Waals surface area (Å²) >= 11 is 0. The number of aromatic amines is 1. The molecule has 0 saturated carbocycles. The van der Waals surface area contributed by atoms with Crippen LogP contribution in [-0.4, -0.2) is 16.1 Å². The maximum absolute atomic E-state index is 12.5. The maximum Gasteiger partial charge on any atom is 0.421 e. The fourth-order valence-corrected chi connectivity index (χ4v) is 1.35. The van der Waals surface area contributed by atoms with Gasteiger partial charge in [-0.3, -0.25) is 9.59 Å².